The third-order valence-corrected chi connectivity index (χ3v) is 1.59. The van der Waals surface area contributed by atoms with E-state index in [2.05, 4.69) is 21.9 Å². The average molecular weight is 220 g/mol. The summed E-state index contributed by atoms with van der Waals surface area (Å²) in [4.78, 5) is 12.3. The molecular formula is C9H5FN4O2. The van der Waals surface area contributed by atoms with E-state index in [-0.39, 0.29) is 12.1 Å². The normalized spacial score (nSPS) is 8.56. The number of halogens is 1. The van der Waals surface area contributed by atoms with E-state index in [4.69, 9.17) is 5.53 Å². The smallest absolute Gasteiger partial charge is 0.258 e. The molecule has 16 heavy (non-hydrogen) atoms. The molecule has 0 heterocycles. The number of rotatable bonds is 2. The van der Waals surface area contributed by atoms with Crippen LogP contribution >= 0.6 is 0 Å². The Balaban J connectivity index is 3.06. The Bertz CT molecular complexity index is 526. The Morgan fingerprint density at radius 1 is 1.62 bits per heavy atom. The lowest BCUT2D eigenvalue weighted by molar-refractivity contribution is -0.385. The summed E-state index contributed by atoms with van der Waals surface area (Å²) in [5.41, 5.74) is 7.65. The first-order chi connectivity index (χ1) is 7.65. The van der Waals surface area contributed by atoms with Crippen molar-refractivity contribution in [1.29, 1.82) is 0 Å². The van der Waals surface area contributed by atoms with Gasteiger partial charge in [-0.1, -0.05) is 17.0 Å². The molecule has 0 radical (unpaired) electrons. The number of hydrogen-bond acceptors (Lipinski definition) is 3. The lowest BCUT2D eigenvalue weighted by Gasteiger charge is -1.94. The Hall–Kier alpha value is -2.58. The summed E-state index contributed by atoms with van der Waals surface area (Å²) in [7, 11) is 0. The second-order valence-electron chi connectivity index (χ2n) is 2.61. The van der Waals surface area contributed by atoms with E-state index >= 15 is 0 Å². The Morgan fingerprint density at radius 3 is 3.00 bits per heavy atom. The summed E-state index contributed by atoms with van der Waals surface area (Å²) >= 11 is 0. The Labute approximate surface area is 89.5 Å². The second kappa shape index (κ2) is 5.34. The van der Waals surface area contributed by atoms with Gasteiger partial charge in [0.25, 0.3) is 5.69 Å². The van der Waals surface area contributed by atoms with E-state index in [9.17, 15) is 14.5 Å². The van der Waals surface area contributed by atoms with Gasteiger partial charge in [-0.15, -0.1) is 0 Å². The molecule has 0 saturated heterocycles. The van der Waals surface area contributed by atoms with Crippen LogP contribution in [0.3, 0.4) is 0 Å². The highest BCUT2D eigenvalue weighted by Gasteiger charge is 2.12. The number of benzene rings is 1. The van der Waals surface area contributed by atoms with Crippen LogP contribution in [-0.2, 0) is 0 Å². The zero-order valence-corrected chi connectivity index (χ0v) is 7.92. The molecule has 0 amide bonds. The summed E-state index contributed by atoms with van der Waals surface area (Å²) < 4.78 is 12.7. The highest BCUT2D eigenvalue weighted by molar-refractivity contribution is 5.51. The van der Waals surface area contributed by atoms with Crippen molar-refractivity contribution in [3.05, 3.63) is 50.1 Å². The first-order valence-corrected chi connectivity index (χ1v) is 4.09. The van der Waals surface area contributed by atoms with Crippen LogP contribution in [0.25, 0.3) is 10.4 Å². The molecule has 1 aromatic carbocycles. The molecule has 0 atom stereocenters. The predicted molar refractivity (Wildman–Crippen MR) is 53.9 cm³/mol. The average Bonchev–Trinajstić information content (AvgIpc) is 2.26. The Kier molecular flexibility index (Phi) is 3.83. The second-order valence-corrected chi connectivity index (χ2v) is 2.61. The molecule has 0 fully saturated rings. The Morgan fingerprint density at radius 2 is 2.38 bits per heavy atom. The molecule has 6 nitrogen and oxygen atoms in total. The third kappa shape index (κ3) is 2.97. The molecule has 0 N–H and O–H groups in total. The van der Waals surface area contributed by atoms with Crippen molar-refractivity contribution in [2.45, 2.75) is 0 Å². The molecule has 1 aromatic rings. The minimum absolute atomic E-state index is 0.0829. The molecule has 0 aliphatic carbocycles. The number of nitro groups is 1. The zero-order valence-electron chi connectivity index (χ0n) is 7.92. The van der Waals surface area contributed by atoms with Crippen LogP contribution in [0.1, 0.15) is 5.56 Å². The largest absolute Gasteiger partial charge is 0.287 e. The van der Waals surface area contributed by atoms with Crippen LogP contribution in [0.15, 0.2) is 23.3 Å². The minimum atomic E-state index is -0.722. The van der Waals surface area contributed by atoms with Gasteiger partial charge in [-0.3, -0.25) is 10.1 Å². The molecule has 80 valence electrons. The van der Waals surface area contributed by atoms with Gasteiger partial charge in [0.1, 0.15) is 11.4 Å². The van der Waals surface area contributed by atoms with E-state index in [1.165, 1.54) is 6.07 Å². The fourth-order valence-corrected chi connectivity index (χ4v) is 0.963. The van der Waals surface area contributed by atoms with E-state index < -0.39 is 16.4 Å². The first kappa shape index (κ1) is 11.5. The van der Waals surface area contributed by atoms with Gasteiger partial charge >= 0.3 is 0 Å². The van der Waals surface area contributed by atoms with Crippen LogP contribution in [-0.4, -0.2) is 11.5 Å². The van der Waals surface area contributed by atoms with Gasteiger partial charge in [0.15, 0.2) is 0 Å². The minimum Gasteiger partial charge on any atom is -0.258 e. The van der Waals surface area contributed by atoms with E-state index in [1.807, 2.05) is 0 Å². The van der Waals surface area contributed by atoms with Gasteiger partial charge in [0.05, 0.1) is 17.5 Å². The van der Waals surface area contributed by atoms with Crippen molar-refractivity contribution in [3.63, 3.8) is 0 Å². The van der Waals surface area contributed by atoms with Crippen molar-refractivity contribution in [2.24, 2.45) is 5.11 Å². The van der Waals surface area contributed by atoms with Gasteiger partial charge in [0.2, 0.25) is 0 Å². The van der Waals surface area contributed by atoms with Gasteiger partial charge in [-0.05, 0) is 17.7 Å². The van der Waals surface area contributed by atoms with Crippen molar-refractivity contribution in [2.75, 3.05) is 6.54 Å². The maximum atomic E-state index is 12.7. The molecule has 0 aliphatic heterocycles. The molecule has 1 rings (SSSR count). The van der Waals surface area contributed by atoms with E-state index in [0.29, 0.717) is 0 Å². The zero-order chi connectivity index (χ0) is 12.0. The quantitative estimate of drug-likeness (QED) is 0.191. The van der Waals surface area contributed by atoms with Gasteiger partial charge in [-0.25, -0.2) is 4.39 Å². The van der Waals surface area contributed by atoms with Crippen LogP contribution in [0.5, 0.6) is 0 Å². The molecule has 0 spiro atoms. The monoisotopic (exact) mass is 220 g/mol. The number of nitro benzene ring substituents is 1. The molecule has 0 saturated carbocycles. The molecule has 0 bridgehead atoms. The maximum absolute atomic E-state index is 12.7. The fraction of sp³-hybridized carbons (Fsp3) is 0.111. The number of nitrogens with zero attached hydrogens (tertiary/aromatic N) is 4. The standard InChI is InChI=1S/C9H5FN4O2/c10-8-4-3-7(2-1-5-12-13-11)9(6-8)14(15)16/h3-4,6H,5H2. The van der Waals surface area contributed by atoms with Gasteiger partial charge in [-0.2, -0.15) is 0 Å². The summed E-state index contributed by atoms with van der Waals surface area (Å²) in [5.74, 6) is 4.15. The first-order valence-electron chi connectivity index (χ1n) is 4.09. The van der Waals surface area contributed by atoms with Crippen LogP contribution in [0.2, 0.25) is 0 Å². The predicted octanol–water partition coefficient (Wildman–Crippen LogP) is 2.40. The lowest BCUT2D eigenvalue weighted by Crippen LogP contribution is -1.93. The van der Waals surface area contributed by atoms with Crippen molar-refractivity contribution < 1.29 is 9.31 Å². The van der Waals surface area contributed by atoms with E-state index in [1.54, 1.807) is 0 Å². The van der Waals surface area contributed by atoms with Gasteiger partial charge in [0, 0.05) is 4.91 Å². The van der Waals surface area contributed by atoms with Crippen LogP contribution in [0, 0.1) is 27.8 Å². The summed E-state index contributed by atoms with van der Waals surface area (Å²) in [6, 6.07) is 3.07. The van der Waals surface area contributed by atoms with E-state index in [0.717, 1.165) is 12.1 Å². The highest BCUT2D eigenvalue weighted by Crippen LogP contribution is 2.18. The summed E-state index contributed by atoms with van der Waals surface area (Å²) in [6.07, 6.45) is 0. The van der Waals surface area contributed by atoms with Gasteiger partial charge < -0.3 is 0 Å². The molecular weight excluding hydrogens is 215 g/mol. The number of azide groups is 1. The van der Waals surface area contributed by atoms with Crippen molar-refractivity contribution in [1.82, 2.24) is 0 Å². The summed E-state index contributed by atoms with van der Waals surface area (Å²) in [6.45, 7) is -0.0922. The third-order valence-electron chi connectivity index (χ3n) is 1.59. The summed E-state index contributed by atoms with van der Waals surface area (Å²) in [5, 5.41) is 13.7. The molecule has 0 aromatic heterocycles. The molecule has 0 aliphatic rings. The van der Waals surface area contributed by atoms with Crippen molar-refractivity contribution in [3.8, 4) is 11.8 Å². The van der Waals surface area contributed by atoms with Crippen LogP contribution in [0.4, 0.5) is 10.1 Å². The van der Waals surface area contributed by atoms with Crippen LogP contribution < -0.4 is 0 Å². The molecule has 7 heteroatoms. The SMILES string of the molecule is [N-]=[N+]=NCC#Cc1ccc(F)cc1[N+](=O)[O-]. The van der Waals surface area contributed by atoms with Crippen molar-refractivity contribution >= 4 is 5.69 Å². The number of hydrogen-bond donors (Lipinski definition) is 0. The topological polar surface area (TPSA) is 91.9 Å². The maximum Gasteiger partial charge on any atom is 0.287 e. The molecule has 0 unspecified atom stereocenters. The lowest BCUT2D eigenvalue weighted by atomic mass is 10.2. The fourth-order valence-electron chi connectivity index (χ4n) is 0.963. The highest BCUT2D eigenvalue weighted by atomic mass is 19.1.